The summed E-state index contributed by atoms with van der Waals surface area (Å²) in [5.74, 6) is -0.615. The molecule has 0 aliphatic heterocycles. The van der Waals surface area contributed by atoms with Crippen molar-refractivity contribution in [1.82, 2.24) is 5.32 Å². The van der Waals surface area contributed by atoms with E-state index in [1.54, 1.807) is 6.07 Å². The van der Waals surface area contributed by atoms with E-state index in [-0.39, 0.29) is 18.2 Å². The minimum absolute atomic E-state index is 0.0681. The van der Waals surface area contributed by atoms with Crippen LogP contribution in [-0.4, -0.2) is 7.05 Å². The van der Waals surface area contributed by atoms with E-state index < -0.39 is 11.6 Å². The van der Waals surface area contributed by atoms with E-state index in [1.807, 2.05) is 26.1 Å². The molecule has 0 aliphatic rings. The third-order valence-corrected chi connectivity index (χ3v) is 3.80. The zero-order valence-corrected chi connectivity index (χ0v) is 13.4. The van der Waals surface area contributed by atoms with Crippen LogP contribution in [0.1, 0.15) is 24.1 Å². The Balaban J connectivity index is 2.25. The number of benzene rings is 2. The molecule has 0 amide bonds. The number of hydrogen-bond acceptors (Lipinski definition) is 2. The van der Waals surface area contributed by atoms with Crippen LogP contribution in [0.15, 0.2) is 40.9 Å². The second-order valence-electron chi connectivity index (χ2n) is 4.68. The number of nitrogens with one attached hydrogen (secondary N) is 1. The normalized spacial score (nSPS) is 12.2. The number of ether oxygens (including phenoxy) is 1. The molecule has 5 heteroatoms. The third kappa shape index (κ3) is 3.80. The monoisotopic (exact) mass is 355 g/mol. The molecule has 21 heavy (non-hydrogen) atoms. The average molecular weight is 356 g/mol. The molecule has 0 heterocycles. The molecular formula is C16H16BrF2NO. The first-order valence-corrected chi connectivity index (χ1v) is 7.34. The summed E-state index contributed by atoms with van der Waals surface area (Å²) < 4.78 is 33.7. The van der Waals surface area contributed by atoms with E-state index in [4.69, 9.17) is 4.74 Å². The Morgan fingerprint density at radius 1 is 1.19 bits per heavy atom. The Morgan fingerprint density at radius 3 is 2.48 bits per heavy atom. The molecule has 0 fully saturated rings. The van der Waals surface area contributed by atoms with Crippen LogP contribution in [0.4, 0.5) is 8.78 Å². The lowest BCUT2D eigenvalue weighted by atomic mass is 10.1. The number of halogens is 3. The molecule has 2 rings (SSSR count). The minimum Gasteiger partial charge on any atom is -0.488 e. The highest BCUT2D eigenvalue weighted by atomic mass is 79.9. The predicted molar refractivity (Wildman–Crippen MR) is 82.3 cm³/mol. The highest BCUT2D eigenvalue weighted by Gasteiger charge is 2.13. The largest absolute Gasteiger partial charge is 0.488 e. The molecule has 1 N–H and O–H groups in total. The van der Waals surface area contributed by atoms with Crippen molar-refractivity contribution in [2.45, 2.75) is 19.6 Å². The fraction of sp³-hybridized carbons (Fsp3) is 0.250. The standard InChI is InChI=1S/C16H16BrF2NO/c1-10(20-2)12-7-6-11(17)8-16(12)21-9-13-14(18)4-3-5-15(13)19/h3-8,10,20H,9H2,1-2H3. The highest BCUT2D eigenvalue weighted by molar-refractivity contribution is 9.10. The molecule has 0 spiro atoms. The topological polar surface area (TPSA) is 21.3 Å². The van der Waals surface area contributed by atoms with Gasteiger partial charge in [-0.1, -0.05) is 28.1 Å². The van der Waals surface area contributed by atoms with Crippen LogP contribution in [0.2, 0.25) is 0 Å². The van der Waals surface area contributed by atoms with Crippen LogP contribution in [-0.2, 0) is 6.61 Å². The van der Waals surface area contributed by atoms with E-state index in [2.05, 4.69) is 21.2 Å². The molecule has 1 unspecified atom stereocenters. The Kier molecular flexibility index (Phi) is 5.31. The molecule has 1 atom stereocenters. The molecule has 2 nitrogen and oxygen atoms in total. The van der Waals surface area contributed by atoms with E-state index in [9.17, 15) is 8.78 Å². The lowest BCUT2D eigenvalue weighted by Gasteiger charge is -2.17. The van der Waals surface area contributed by atoms with E-state index >= 15 is 0 Å². The van der Waals surface area contributed by atoms with Gasteiger partial charge in [-0.3, -0.25) is 0 Å². The summed E-state index contributed by atoms with van der Waals surface area (Å²) in [6.07, 6.45) is 0. The van der Waals surface area contributed by atoms with Crippen LogP contribution >= 0.6 is 15.9 Å². The van der Waals surface area contributed by atoms with Gasteiger partial charge in [-0.05, 0) is 38.2 Å². The zero-order valence-electron chi connectivity index (χ0n) is 11.8. The van der Waals surface area contributed by atoms with Crippen LogP contribution in [0.5, 0.6) is 5.75 Å². The fourth-order valence-electron chi connectivity index (χ4n) is 1.97. The van der Waals surface area contributed by atoms with Crippen LogP contribution in [0, 0.1) is 11.6 Å². The Labute approximate surface area is 131 Å². The van der Waals surface area contributed by atoms with Gasteiger partial charge in [-0.2, -0.15) is 0 Å². The quantitative estimate of drug-likeness (QED) is 0.846. The third-order valence-electron chi connectivity index (χ3n) is 3.31. The van der Waals surface area contributed by atoms with Crippen molar-refractivity contribution in [3.63, 3.8) is 0 Å². The van der Waals surface area contributed by atoms with Gasteiger partial charge >= 0.3 is 0 Å². The summed E-state index contributed by atoms with van der Waals surface area (Å²) in [6, 6.07) is 9.46. The van der Waals surface area contributed by atoms with Gasteiger partial charge in [0.05, 0.1) is 5.56 Å². The highest BCUT2D eigenvalue weighted by Crippen LogP contribution is 2.29. The van der Waals surface area contributed by atoms with Gasteiger partial charge < -0.3 is 10.1 Å². The van der Waals surface area contributed by atoms with Crippen molar-refractivity contribution in [3.05, 3.63) is 63.6 Å². The first kappa shape index (κ1) is 15.9. The zero-order chi connectivity index (χ0) is 15.4. The second kappa shape index (κ2) is 7.00. The molecule has 0 bridgehead atoms. The molecule has 0 saturated heterocycles. The maximum absolute atomic E-state index is 13.6. The van der Waals surface area contributed by atoms with Crippen molar-refractivity contribution in [2.75, 3.05) is 7.05 Å². The van der Waals surface area contributed by atoms with Gasteiger partial charge in [0.1, 0.15) is 24.0 Å². The Hall–Kier alpha value is -1.46. The number of hydrogen-bond donors (Lipinski definition) is 1. The van der Waals surface area contributed by atoms with Crippen LogP contribution < -0.4 is 10.1 Å². The van der Waals surface area contributed by atoms with E-state index in [0.29, 0.717) is 5.75 Å². The van der Waals surface area contributed by atoms with Crippen molar-refractivity contribution < 1.29 is 13.5 Å². The van der Waals surface area contributed by atoms with Gasteiger partial charge in [0, 0.05) is 16.1 Å². The molecule has 0 saturated carbocycles. The number of rotatable bonds is 5. The summed E-state index contributed by atoms with van der Waals surface area (Å²) in [5, 5.41) is 3.12. The molecule has 112 valence electrons. The van der Waals surface area contributed by atoms with Gasteiger partial charge in [-0.25, -0.2) is 8.78 Å². The van der Waals surface area contributed by atoms with Gasteiger partial charge in [0.2, 0.25) is 0 Å². The van der Waals surface area contributed by atoms with Crippen LogP contribution in [0.25, 0.3) is 0 Å². The van der Waals surface area contributed by atoms with Gasteiger partial charge in [-0.15, -0.1) is 0 Å². The molecule has 0 radical (unpaired) electrons. The second-order valence-corrected chi connectivity index (χ2v) is 5.60. The molecule has 0 aromatic heterocycles. The molecule has 0 aliphatic carbocycles. The first-order valence-electron chi connectivity index (χ1n) is 6.55. The summed E-state index contributed by atoms with van der Waals surface area (Å²) in [7, 11) is 1.84. The molecule has 2 aromatic rings. The smallest absolute Gasteiger partial charge is 0.132 e. The van der Waals surface area contributed by atoms with Crippen molar-refractivity contribution >= 4 is 15.9 Å². The first-order chi connectivity index (χ1) is 10.0. The SMILES string of the molecule is CNC(C)c1ccc(Br)cc1OCc1c(F)cccc1F. The van der Waals surface area contributed by atoms with Crippen molar-refractivity contribution in [1.29, 1.82) is 0 Å². The summed E-state index contributed by atoms with van der Waals surface area (Å²) in [6.45, 7) is 1.83. The van der Waals surface area contributed by atoms with Crippen LogP contribution in [0.3, 0.4) is 0 Å². The van der Waals surface area contributed by atoms with Gasteiger partial charge in [0.25, 0.3) is 0 Å². The van der Waals surface area contributed by atoms with Crippen molar-refractivity contribution in [3.8, 4) is 5.75 Å². The Morgan fingerprint density at radius 2 is 1.86 bits per heavy atom. The molecule has 2 aromatic carbocycles. The lowest BCUT2D eigenvalue weighted by Crippen LogP contribution is -2.14. The van der Waals surface area contributed by atoms with Crippen molar-refractivity contribution in [2.24, 2.45) is 0 Å². The lowest BCUT2D eigenvalue weighted by molar-refractivity contribution is 0.287. The minimum atomic E-state index is -0.604. The fourth-order valence-corrected chi connectivity index (χ4v) is 2.31. The predicted octanol–water partition coefficient (Wildman–Crippen LogP) is 4.59. The van der Waals surface area contributed by atoms with E-state index in [0.717, 1.165) is 10.0 Å². The summed E-state index contributed by atoms with van der Waals surface area (Å²) in [5.41, 5.74) is 0.859. The average Bonchev–Trinajstić information content (AvgIpc) is 2.46. The Bertz CT molecular complexity index is 613. The maximum Gasteiger partial charge on any atom is 0.132 e. The summed E-state index contributed by atoms with van der Waals surface area (Å²) >= 11 is 3.37. The maximum atomic E-state index is 13.6. The molecular weight excluding hydrogens is 340 g/mol. The van der Waals surface area contributed by atoms with Gasteiger partial charge in [0.15, 0.2) is 0 Å². The summed E-state index contributed by atoms with van der Waals surface area (Å²) in [4.78, 5) is 0. The van der Waals surface area contributed by atoms with E-state index in [1.165, 1.54) is 18.2 Å².